The summed E-state index contributed by atoms with van der Waals surface area (Å²) in [6.45, 7) is 12.6. The molecule has 4 heteroatoms. The number of nitrogens with zero attached hydrogens (tertiary/aromatic N) is 4. The highest BCUT2D eigenvalue weighted by Crippen LogP contribution is 2.10. The van der Waals surface area contributed by atoms with E-state index in [1.165, 1.54) is 0 Å². The van der Waals surface area contributed by atoms with Gasteiger partial charge in [-0.1, -0.05) is 4.68 Å². The smallest absolute Gasteiger partial charge is 0.135 e. The van der Waals surface area contributed by atoms with E-state index in [9.17, 15) is 0 Å². The van der Waals surface area contributed by atoms with E-state index < -0.39 is 0 Å². The fourth-order valence-corrected chi connectivity index (χ4v) is 0.851. The summed E-state index contributed by atoms with van der Waals surface area (Å²) in [7, 11) is 0. The molecule has 74 valence electrons. The Morgan fingerprint density at radius 1 is 1.08 bits per heavy atom. The molecule has 1 rings (SSSR count). The lowest BCUT2D eigenvalue weighted by molar-refractivity contribution is -0.806. The third kappa shape index (κ3) is 2.26. The average molecular weight is 183 g/mol. The molecule has 0 saturated carbocycles. The first-order valence-corrected chi connectivity index (χ1v) is 4.56. The number of rotatable bonds is 0. The Morgan fingerprint density at radius 2 is 1.62 bits per heavy atom. The SMILES string of the molecule is CC(C)(C)n1c[n+](C(C)(C)C)nn1. The summed E-state index contributed by atoms with van der Waals surface area (Å²) in [6, 6.07) is 0. The van der Waals surface area contributed by atoms with E-state index >= 15 is 0 Å². The van der Waals surface area contributed by atoms with Gasteiger partial charge in [-0.25, -0.2) is 0 Å². The monoisotopic (exact) mass is 183 g/mol. The van der Waals surface area contributed by atoms with Crippen LogP contribution in [0.1, 0.15) is 41.5 Å². The topological polar surface area (TPSA) is 34.6 Å². The van der Waals surface area contributed by atoms with Gasteiger partial charge in [-0.05, 0) is 41.5 Å². The molecule has 0 N–H and O–H groups in total. The molecule has 0 aliphatic heterocycles. The molecule has 0 bridgehead atoms. The van der Waals surface area contributed by atoms with Gasteiger partial charge < -0.3 is 0 Å². The van der Waals surface area contributed by atoms with Crippen LogP contribution in [0, 0.1) is 0 Å². The lowest BCUT2D eigenvalue weighted by atomic mass is 10.1. The van der Waals surface area contributed by atoms with Crippen LogP contribution in [0.25, 0.3) is 0 Å². The lowest BCUT2D eigenvalue weighted by Gasteiger charge is -2.13. The number of aromatic nitrogens is 4. The molecule has 0 aliphatic rings. The standard InChI is InChI=1S/C9H19N4/c1-8(2,3)12-7-13(11-10-12)9(4,5)6/h7H,1-6H3/q+1. The van der Waals surface area contributed by atoms with Gasteiger partial charge >= 0.3 is 0 Å². The van der Waals surface area contributed by atoms with Gasteiger partial charge in [0.25, 0.3) is 0 Å². The quantitative estimate of drug-likeness (QED) is 0.564. The molecule has 13 heavy (non-hydrogen) atoms. The van der Waals surface area contributed by atoms with Crippen molar-refractivity contribution in [3.8, 4) is 0 Å². The molecular weight excluding hydrogens is 164 g/mol. The highest BCUT2D eigenvalue weighted by atomic mass is 15.6. The summed E-state index contributed by atoms with van der Waals surface area (Å²) < 4.78 is 3.75. The van der Waals surface area contributed by atoms with Gasteiger partial charge in [0, 0.05) is 0 Å². The van der Waals surface area contributed by atoms with Crippen LogP contribution in [0.2, 0.25) is 0 Å². The molecule has 1 heterocycles. The van der Waals surface area contributed by atoms with Crippen molar-refractivity contribution in [1.29, 1.82) is 0 Å². The molecule has 0 saturated heterocycles. The number of hydrogen-bond donors (Lipinski definition) is 0. The van der Waals surface area contributed by atoms with Crippen molar-refractivity contribution in [1.82, 2.24) is 15.1 Å². The van der Waals surface area contributed by atoms with Crippen molar-refractivity contribution in [2.45, 2.75) is 52.6 Å². The van der Waals surface area contributed by atoms with Crippen LogP contribution in [0.3, 0.4) is 0 Å². The molecule has 0 amide bonds. The van der Waals surface area contributed by atoms with E-state index in [0.29, 0.717) is 0 Å². The van der Waals surface area contributed by atoms with Gasteiger partial charge in [0.1, 0.15) is 16.3 Å². The van der Waals surface area contributed by atoms with Crippen molar-refractivity contribution in [3.63, 3.8) is 0 Å². The molecule has 1 aromatic heterocycles. The van der Waals surface area contributed by atoms with Gasteiger partial charge in [0.05, 0.1) is 0 Å². The van der Waals surface area contributed by atoms with Gasteiger partial charge in [-0.3, -0.25) is 0 Å². The molecule has 0 aromatic carbocycles. The first kappa shape index (κ1) is 10.2. The Balaban J connectivity index is 3.01. The van der Waals surface area contributed by atoms with Crippen molar-refractivity contribution in [2.24, 2.45) is 0 Å². The van der Waals surface area contributed by atoms with Crippen molar-refractivity contribution < 1.29 is 4.68 Å². The summed E-state index contributed by atoms with van der Waals surface area (Å²) in [4.78, 5) is 0. The summed E-state index contributed by atoms with van der Waals surface area (Å²) in [5, 5.41) is 8.17. The molecule has 0 aliphatic carbocycles. The van der Waals surface area contributed by atoms with Gasteiger partial charge in [-0.15, -0.1) is 4.68 Å². The van der Waals surface area contributed by atoms with Crippen LogP contribution >= 0.6 is 0 Å². The van der Waals surface area contributed by atoms with E-state index in [0.717, 1.165) is 0 Å². The third-order valence-corrected chi connectivity index (χ3v) is 1.83. The van der Waals surface area contributed by atoms with Crippen LogP contribution in [0.5, 0.6) is 0 Å². The molecule has 0 atom stereocenters. The minimum atomic E-state index is 0.00347. The third-order valence-electron chi connectivity index (χ3n) is 1.83. The molecular formula is C9H19N4+. The minimum absolute atomic E-state index is 0.00347. The second-order valence-electron chi connectivity index (χ2n) is 5.33. The predicted molar refractivity (Wildman–Crippen MR) is 50.2 cm³/mol. The zero-order valence-electron chi connectivity index (χ0n) is 9.37. The highest BCUT2D eigenvalue weighted by molar-refractivity contribution is 4.66. The average Bonchev–Trinajstić information content (AvgIpc) is 2.28. The van der Waals surface area contributed by atoms with E-state index in [1.54, 1.807) is 0 Å². The minimum Gasteiger partial charge on any atom is -0.135 e. The molecule has 0 unspecified atom stereocenters. The zero-order chi connectivity index (χ0) is 10.3. The largest absolute Gasteiger partial charge is 0.245 e. The van der Waals surface area contributed by atoms with E-state index in [2.05, 4.69) is 52.0 Å². The maximum absolute atomic E-state index is 4.08. The number of hydrogen-bond acceptors (Lipinski definition) is 2. The Kier molecular flexibility index (Phi) is 2.18. The first-order chi connectivity index (χ1) is 5.71. The summed E-state index contributed by atoms with van der Waals surface area (Å²) in [5.41, 5.74) is 0.00694. The molecule has 0 spiro atoms. The Bertz CT molecular complexity index is 259. The second kappa shape index (κ2) is 2.79. The zero-order valence-corrected chi connectivity index (χ0v) is 9.37. The van der Waals surface area contributed by atoms with Crippen LogP contribution in [0.4, 0.5) is 0 Å². The summed E-state index contributed by atoms with van der Waals surface area (Å²) >= 11 is 0. The van der Waals surface area contributed by atoms with Gasteiger partial charge in [0.2, 0.25) is 6.33 Å². The Morgan fingerprint density at radius 3 is 1.85 bits per heavy atom. The molecule has 0 fully saturated rings. The fraction of sp³-hybridized carbons (Fsp3) is 0.889. The highest BCUT2D eigenvalue weighted by Gasteiger charge is 2.27. The van der Waals surface area contributed by atoms with Crippen LogP contribution in [-0.2, 0) is 11.1 Å². The second-order valence-corrected chi connectivity index (χ2v) is 5.33. The lowest BCUT2D eigenvalue weighted by Crippen LogP contribution is -2.51. The Hall–Kier alpha value is -0.930. The van der Waals surface area contributed by atoms with Crippen molar-refractivity contribution in [2.75, 3.05) is 0 Å². The van der Waals surface area contributed by atoms with Crippen LogP contribution in [0.15, 0.2) is 6.33 Å². The predicted octanol–water partition coefficient (Wildman–Crippen LogP) is 1.08. The first-order valence-electron chi connectivity index (χ1n) is 4.56. The summed E-state index contributed by atoms with van der Waals surface area (Å²) in [6.07, 6.45) is 1.94. The fourth-order valence-electron chi connectivity index (χ4n) is 0.851. The van der Waals surface area contributed by atoms with Gasteiger partial charge in [-0.2, -0.15) is 0 Å². The summed E-state index contributed by atoms with van der Waals surface area (Å²) in [5.74, 6) is 0. The van der Waals surface area contributed by atoms with Crippen LogP contribution in [-0.4, -0.2) is 15.1 Å². The maximum Gasteiger partial charge on any atom is 0.245 e. The molecule has 4 nitrogen and oxygen atoms in total. The van der Waals surface area contributed by atoms with Crippen LogP contribution < -0.4 is 4.68 Å². The van der Waals surface area contributed by atoms with Gasteiger partial charge in [0.15, 0.2) is 5.21 Å². The van der Waals surface area contributed by atoms with E-state index in [-0.39, 0.29) is 11.1 Å². The van der Waals surface area contributed by atoms with E-state index in [1.807, 2.05) is 15.7 Å². The maximum atomic E-state index is 4.08. The number of tetrazole rings is 1. The molecule has 0 radical (unpaired) electrons. The Labute approximate surface area is 79.5 Å². The van der Waals surface area contributed by atoms with Crippen molar-refractivity contribution >= 4 is 0 Å². The van der Waals surface area contributed by atoms with Crippen molar-refractivity contribution in [3.05, 3.63) is 6.33 Å². The normalized spacial score (nSPS) is 13.4. The molecule has 1 aromatic rings. The van der Waals surface area contributed by atoms with E-state index in [4.69, 9.17) is 0 Å².